The molecule has 1 aliphatic heterocycles. The van der Waals surface area contributed by atoms with Crippen molar-refractivity contribution in [3.63, 3.8) is 0 Å². The topological polar surface area (TPSA) is 108 Å². The molecule has 0 saturated heterocycles. The number of hydrogen-bond donors (Lipinski definition) is 3. The third kappa shape index (κ3) is 4.71. The van der Waals surface area contributed by atoms with Gasteiger partial charge in [0.1, 0.15) is 17.3 Å². The minimum absolute atomic E-state index is 0.0301. The highest BCUT2D eigenvalue weighted by Crippen LogP contribution is 2.34. The van der Waals surface area contributed by atoms with E-state index in [4.69, 9.17) is 4.74 Å². The fraction of sp³-hybridized carbons (Fsp3) is 0.700. The number of rotatable bonds is 4. The van der Waals surface area contributed by atoms with Crippen LogP contribution < -0.4 is 20.9 Å². The molecular weight excluding hydrogens is 372 g/mol. The molecule has 1 atom stereocenters. The second-order valence-electron chi connectivity index (χ2n) is 9.28. The SMILES string of the molecule is Cc1nc(N[C@H]2C[C@H](NC(=O)OC(C)(C)C)C2)nc2c1NC(=O)[C@H](C(C)C)N2C. The number of carbonyl (C=O) groups excluding carboxylic acids is 2. The lowest BCUT2D eigenvalue weighted by molar-refractivity contribution is -0.118. The molecular formula is C20H32N6O3. The highest BCUT2D eigenvalue weighted by atomic mass is 16.6. The Kier molecular flexibility index (Phi) is 5.60. The number of ether oxygens (including phenoxy) is 1. The first-order chi connectivity index (χ1) is 13.4. The minimum atomic E-state index is -0.505. The van der Waals surface area contributed by atoms with Gasteiger partial charge in [-0.05, 0) is 46.5 Å². The first-order valence-electron chi connectivity index (χ1n) is 10.1. The standard InChI is InChI=1S/C20H32N6O3/c1-10(2)15-17(27)24-14-11(3)21-18(25-16(14)26(15)7)22-12-8-13(9-12)23-19(28)29-20(4,5)6/h10,12-13,15H,8-9H2,1-7H3,(H,23,28)(H,24,27)(H,21,22,25)/t12-,13-,15-/m0/s1. The summed E-state index contributed by atoms with van der Waals surface area (Å²) in [6.45, 7) is 11.4. The van der Waals surface area contributed by atoms with Crippen molar-refractivity contribution in [3.05, 3.63) is 5.69 Å². The summed E-state index contributed by atoms with van der Waals surface area (Å²) in [6.07, 6.45) is 1.17. The van der Waals surface area contributed by atoms with E-state index in [1.54, 1.807) is 0 Å². The molecule has 0 spiro atoms. The highest BCUT2D eigenvalue weighted by Gasteiger charge is 2.36. The first-order valence-corrected chi connectivity index (χ1v) is 10.1. The second-order valence-corrected chi connectivity index (χ2v) is 9.28. The van der Waals surface area contributed by atoms with Crippen LogP contribution in [0.2, 0.25) is 0 Å². The number of nitrogens with one attached hydrogen (secondary N) is 3. The zero-order valence-electron chi connectivity index (χ0n) is 18.3. The Labute approximate surface area is 172 Å². The molecule has 2 heterocycles. The zero-order chi connectivity index (χ0) is 21.5. The van der Waals surface area contributed by atoms with E-state index < -0.39 is 5.60 Å². The van der Waals surface area contributed by atoms with Gasteiger partial charge in [0, 0.05) is 19.1 Å². The number of aromatic nitrogens is 2. The molecule has 1 saturated carbocycles. The third-order valence-corrected chi connectivity index (χ3v) is 5.16. The highest BCUT2D eigenvalue weighted by molar-refractivity contribution is 6.03. The Hall–Kier alpha value is -2.58. The number of anilines is 3. The lowest BCUT2D eigenvalue weighted by Gasteiger charge is -2.38. The van der Waals surface area contributed by atoms with Crippen LogP contribution in [0.5, 0.6) is 0 Å². The Morgan fingerprint density at radius 3 is 2.48 bits per heavy atom. The summed E-state index contributed by atoms with van der Waals surface area (Å²) >= 11 is 0. The molecule has 160 valence electrons. The molecule has 1 aromatic rings. The van der Waals surface area contributed by atoms with Gasteiger partial charge in [0.05, 0.1) is 5.69 Å². The van der Waals surface area contributed by atoms with Crippen LogP contribution in [-0.4, -0.2) is 52.7 Å². The molecule has 0 aromatic carbocycles. The quantitative estimate of drug-likeness (QED) is 0.708. The van der Waals surface area contributed by atoms with Crippen LogP contribution in [0.25, 0.3) is 0 Å². The molecule has 2 aliphatic rings. The molecule has 0 radical (unpaired) electrons. The van der Waals surface area contributed by atoms with Gasteiger partial charge in [-0.15, -0.1) is 0 Å². The lowest BCUT2D eigenvalue weighted by atomic mass is 9.87. The van der Waals surface area contributed by atoms with E-state index in [0.29, 0.717) is 11.6 Å². The van der Waals surface area contributed by atoms with Crippen LogP contribution in [0.4, 0.5) is 22.2 Å². The van der Waals surface area contributed by atoms with Crippen molar-refractivity contribution >= 4 is 29.5 Å². The van der Waals surface area contributed by atoms with Gasteiger partial charge in [-0.1, -0.05) is 13.8 Å². The van der Waals surface area contributed by atoms with Crippen molar-refractivity contribution in [2.45, 2.75) is 78.1 Å². The summed E-state index contributed by atoms with van der Waals surface area (Å²) in [5.74, 6) is 1.39. The summed E-state index contributed by atoms with van der Waals surface area (Å²) in [5.41, 5.74) is 0.885. The van der Waals surface area contributed by atoms with Gasteiger partial charge in [-0.3, -0.25) is 4.79 Å². The molecule has 29 heavy (non-hydrogen) atoms. The molecule has 3 rings (SSSR count). The Bertz CT molecular complexity index is 798. The van der Waals surface area contributed by atoms with E-state index >= 15 is 0 Å². The average Bonchev–Trinajstić information content (AvgIpc) is 2.52. The van der Waals surface area contributed by atoms with Crippen molar-refractivity contribution < 1.29 is 14.3 Å². The van der Waals surface area contributed by atoms with Crippen molar-refractivity contribution in [1.82, 2.24) is 15.3 Å². The number of fused-ring (bicyclic) bond motifs is 1. The van der Waals surface area contributed by atoms with E-state index in [2.05, 4.69) is 25.9 Å². The monoisotopic (exact) mass is 404 g/mol. The van der Waals surface area contributed by atoms with E-state index in [1.165, 1.54) is 0 Å². The predicted molar refractivity (Wildman–Crippen MR) is 112 cm³/mol. The van der Waals surface area contributed by atoms with Gasteiger partial charge in [0.25, 0.3) is 0 Å². The normalized spacial score (nSPS) is 23.8. The molecule has 0 unspecified atom stereocenters. The van der Waals surface area contributed by atoms with Crippen molar-refractivity contribution in [2.24, 2.45) is 5.92 Å². The molecule has 3 N–H and O–H groups in total. The molecule has 9 heteroatoms. The summed E-state index contributed by atoms with van der Waals surface area (Å²) in [7, 11) is 1.89. The molecule has 1 fully saturated rings. The number of likely N-dealkylation sites (N-methyl/N-ethyl adjacent to an activating group) is 1. The predicted octanol–water partition coefficient (Wildman–Crippen LogP) is 2.67. The van der Waals surface area contributed by atoms with E-state index in [1.807, 2.05) is 53.5 Å². The van der Waals surface area contributed by atoms with E-state index in [-0.39, 0.29) is 36.0 Å². The maximum Gasteiger partial charge on any atom is 0.407 e. The fourth-order valence-electron chi connectivity index (χ4n) is 3.79. The Balaban J connectivity index is 1.62. The first kappa shape index (κ1) is 21.1. The second kappa shape index (κ2) is 7.68. The molecule has 1 aliphatic carbocycles. The van der Waals surface area contributed by atoms with Crippen LogP contribution in [0, 0.1) is 12.8 Å². The van der Waals surface area contributed by atoms with Gasteiger partial charge in [0.2, 0.25) is 11.9 Å². The fourth-order valence-corrected chi connectivity index (χ4v) is 3.79. The number of nitrogens with zero attached hydrogens (tertiary/aromatic N) is 3. The van der Waals surface area contributed by atoms with Gasteiger partial charge < -0.3 is 25.6 Å². The summed E-state index contributed by atoms with van der Waals surface area (Å²) in [6, 6.07) is -0.0131. The van der Waals surface area contributed by atoms with Crippen LogP contribution >= 0.6 is 0 Å². The molecule has 0 bridgehead atoms. The zero-order valence-corrected chi connectivity index (χ0v) is 18.3. The van der Waals surface area contributed by atoms with Crippen LogP contribution in [0.3, 0.4) is 0 Å². The molecule has 2 amide bonds. The summed E-state index contributed by atoms with van der Waals surface area (Å²) in [4.78, 5) is 35.4. The van der Waals surface area contributed by atoms with Gasteiger partial charge >= 0.3 is 6.09 Å². The maximum absolute atomic E-state index is 12.4. The minimum Gasteiger partial charge on any atom is -0.444 e. The van der Waals surface area contributed by atoms with Gasteiger partial charge in [0.15, 0.2) is 5.82 Å². The van der Waals surface area contributed by atoms with Crippen molar-refractivity contribution in [3.8, 4) is 0 Å². The Morgan fingerprint density at radius 1 is 1.24 bits per heavy atom. The van der Waals surface area contributed by atoms with E-state index in [0.717, 1.165) is 24.4 Å². The van der Waals surface area contributed by atoms with Crippen molar-refractivity contribution in [2.75, 3.05) is 22.6 Å². The number of alkyl carbamates (subject to hydrolysis) is 1. The third-order valence-electron chi connectivity index (χ3n) is 5.16. The van der Waals surface area contributed by atoms with Crippen LogP contribution in [-0.2, 0) is 9.53 Å². The van der Waals surface area contributed by atoms with E-state index in [9.17, 15) is 9.59 Å². The lowest BCUT2D eigenvalue weighted by Crippen LogP contribution is -2.51. The summed E-state index contributed by atoms with van der Waals surface area (Å²) in [5, 5.41) is 9.18. The largest absolute Gasteiger partial charge is 0.444 e. The summed E-state index contributed by atoms with van der Waals surface area (Å²) < 4.78 is 5.29. The van der Waals surface area contributed by atoms with Crippen LogP contribution in [0.15, 0.2) is 0 Å². The number of carbonyl (C=O) groups is 2. The van der Waals surface area contributed by atoms with Crippen LogP contribution in [0.1, 0.15) is 53.2 Å². The number of amides is 2. The van der Waals surface area contributed by atoms with Crippen molar-refractivity contribution in [1.29, 1.82) is 0 Å². The molecule has 1 aromatic heterocycles. The van der Waals surface area contributed by atoms with Gasteiger partial charge in [-0.2, -0.15) is 4.98 Å². The Morgan fingerprint density at radius 2 is 1.90 bits per heavy atom. The number of aryl methyl sites for hydroxylation is 1. The van der Waals surface area contributed by atoms with Gasteiger partial charge in [-0.25, -0.2) is 9.78 Å². The number of hydrogen-bond acceptors (Lipinski definition) is 7. The average molecular weight is 405 g/mol. The molecule has 9 nitrogen and oxygen atoms in total. The maximum atomic E-state index is 12.4. The smallest absolute Gasteiger partial charge is 0.407 e.